The molecule has 0 spiro atoms. The van der Waals surface area contributed by atoms with Crippen molar-refractivity contribution in [1.29, 1.82) is 0 Å². The molecule has 1 aliphatic rings. The van der Waals surface area contributed by atoms with Gasteiger partial charge in [0.1, 0.15) is 41.7 Å². The summed E-state index contributed by atoms with van der Waals surface area (Å²) in [6.07, 6.45) is 3.90. The zero-order chi connectivity index (χ0) is 22.2. The first-order valence-electron chi connectivity index (χ1n) is 9.35. The molecule has 0 bridgehead atoms. The van der Waals surface area contributed by atoms with Gasteiger partial charge in [-0.2, -0.15) is 5.10 Å². The molecule has 4 rings (SSSR count). The summed E-state index contributed by atoms with van der Waals surface area (Å²) in [6, 6.07) is 6.16. The van der Waals surface area contributed by atoms with Gasteiger partial charge in [-0.3, -0.25) is 0 Å². The Morgan fingerprint density at radius 3 is 2.52 bits per heavy atom. The number of hydrogen-bond donors (Lipinski definition) is 1. The Bertz CT molecular complexity index is 1120. The van der Waals surface area contributed by atoms with E-state index in [1.54, 1.807) is 0 Å². The van der Waals surface area contributed by atoms with E-state index in [0.717, 1.165) is 17.3 Å². The van der Waals surface area contributed by atoms with Crippen LogP contribution in [0.25, 0.3) is 0 Å². The fourth-order valence-electron chi connectivity index (χ4n) is 3.55. The lowest BCUT2D eigenvalue weighted by atomic mass is 9.86. The number of rotatable bonds is 6. The molecule has 0 saturated carbocycles. The average molecular weight is 431 g/mol. The maximum absolute atomic E-state index is 14.7. The molecule has 1 aromatic heterocycles. The van der Waals surface area contributed by atoms with Crippen molar-refractivity contribution in [2.24, 2.45) is 5.10 Å². The lowest BCUT2D eigenvalue weighted by Crippen LogP contribution is -2.51. The lowest BCUT2D eigenvalue weighted by Gasteiger charge is -2.34. The molecule has 160 valence electrons. The van der Waals surface area contributed by atoms with Crippen molar-refractivity contribution in [3.8, 4) is 0 Å². The second-order valence-corrected chi connectivity index (χ2v) is 7.20. The summed E-state index contributed by atoms with van der Waals surface area (Å²) in [4.78, 5) is 17.3. The van der Waals surface area contributed by atoms with E-state index in [4.69, 9.17) is 0 Å². The number of halogens is 3. The van der Waals surface area contributed by atoms with Crippen LogP contribution < -0.4 is 0 Å². The van der Waals surface area contributed by atoms with Crippen molar-refractivity contribution in [2.75, 3.05) is 0 Å². The highest BCUT2D eigenvalue weighted by Crippen LogP contribution is 2.35. The molecular formula is C20H18F3N6O2+. The first-order valence-corrected chi connectivity index (χ1v) is 9.35. The molecule has 1 unspecified atom stereocenters. The van der Waals surface area contributed by atoms with Gasteiger partial charge < -0.3 is 5.11 Å². The van der Waals surface area contributed by atoms with Gasteiger partial charge in [0, 0.05) is 22.3 Å². The van der Waals surface area contributed by atoms with Crippen LogP contribution in [-0.2, 0) is 12.1 Å². The Morgan fingerprint density at radius 1 is 1.16 bits per heavy atom. The third kappa shape index (κ3) is 3.79. The van der Waals surface area contributed by atoms with Crippen LogP contribution in [0, 0.1) is 22.4 Å². The van der Waals surface area contributed by atoms with Gasteiger partial charge in [-0.15, -0.1) is 0 Å². The molecular weight excluding hydrogens is 413 g/mol. The fourth-order valence-corrected chi connectivity index (χ4v) is 3.55. The van der Waals surface area contributed by atoms with E-state index >= 15 is 0 Å². The lowest BCUT2D eigenvalue weighted by molar-refractivity contribution is -0.729. The highest BCUT2D eigenvalue weighted by atomic mass is 19.1. The Labute approximate surface area is 174 Å². The predicted molar refractivity (Wildman–Crippen MR) is 103 cm³/mol. The summed E-state index contributed by atoms with van der Waals surface area (Å²) in [5.74, 6) is -2.24. The minimum absolute atomic E-state index is 0.231. The van der Waals surface area contributed by atoms with Gasteiger partial charge in [-0.05, 0) is 35.1 Å². The topological polar surface area (TPSA) is 86.6 Å². The third-order valence-corrected chi connectivity index (χ3v) is 5.28. The van der Waals surface area contributed by atoms with Crippen LogP contribution in [0.5, 0.6) is 0 Å². The standard InChI is InChI=1S/C20H18F3N6O2/c1-13(28-25-9-19(29(28)31)14-2-4-15(21)5-3-14)20(30,10-27-12-24-11-26-27)17-7-6-16(22)8-18(17)23/h2-9,11-13,19,30H,10H2,1H3/q+1/t13-,19?,20-/m1/s1. The van der Waals surface area contributed by atoms with E-state index in [0.29, 0.717) is 16.5 Å². The second-order valence-electron chi connectivity index (χ2n) is 7.20. The minimum Gasteiger partial charge on any atom is -0.381 e. The van der Waals surface area contributed by atoms with Crippen LogP contribution in [0.15, 0.2) is 60.2 Å². The molecule has 1 N–H and O–H groups in total. The number of aliphatic hydroxyl groups is 1. The van der Waals surface area contributed by atoms with Gasteiger partial charge in [-0.25, -0.2) is 22.8 Å². The van der Waals surface area contributed by atoms with Gasteiger partial charge in [0.15, 0.2) is 6.21 Å². The van der Waals surface area contributed by atoms with Crippen molar-refractivity contribution in [3.63, 3.8) is 0 Å². The second kappa shape index (κ2) is 7.91. The number of nitroso groups, excluding NO2 is 1. The first-order chi connectivity index (χ1) is 14.8. The van der Waals surface area contributed by atoms with Crippen LogP contribution in [-0.4, -0.2) is 42.1 Å². The van der Waals surface area contributed by atoms with Gasteiger partial charge in [0.05, 0.1) is 11.4 Å². The van der Waals surface area contributed by atoms with Gasteiger partial charge in [0.2, 0.25) is 0 Å². The van der Waals surface area contributed by atoms with Crippen molar-refractivity contribution in [1.82, 2.24) is 19.9 Å². The molecule has 0 amide bonds. The molecule has 0 fully saturated rings. The molecule has 2 heterocycles. The Hall–Kier alpha value is -3.60. The molecule has 0 radical (unpaired) electrons. The van der Waals surface area contributed by atoms with Gasteiger partial charge in [-0.1, -0.05) is 18.2 Å². The molecule has 11 heteroatoms. The molecule has 1 aliphatic heterocycles. The molecule has 31 heavy (non-hydrogen) atoms. The van der Waals surface area contributed by atoms with Gasteiger partial charge in [0.25, 0.3) is 6.04 Å². The van der Waals surface area contributed by atoms with Crippen molar-refractivity contribution >= 4 is 6.21 Å². The molecule has 0 saturated heterocycles. The predicted octanol–water partition coefficient (Wildman–Crippen LogP) is 2.71. The van der Waals surface area contributed by atoms with Crippen LogP contribution in [0.3, 0.4) is 0 Å². The zero-order valence-corrected chi connectivity index (χ0v) is 16.3. The Kier molecular flexibility index (Phi) is 5.27. The summed E-state index contributed by atoms with van der Waals surface area (Å²) in [5, 5.41) is 20.6. The van der Waals surface area contributed by atoms with Gasteiger partial charge >= 0.3 is 0 Å². The zero-order valence-electron chi connectivity index (χ0n) is 16.3. The highest BCUT2D eigenvalue weighted by Gasteiger charge is 2.51. The van der Waals surface area contributed by atoms with E-state index in [9.17, 15) is 23.2 Å². The fraction of sp³-hybridized carbons (Fsp3) is 0.250. The number of benzene rings is 2. The number of hydrazine groups is 1. The number of aromatic nitrogens is 3. The van der Waals surface area contributed by atoms with Crippen molar-refractivity contribution in [2.45, 2.75) is 31.2 Å². The quantitative estimate of drug-likeness (QED) is 0.607. The van der Waals surface area contributed by atoms with Crippen LogP contribution in [0.4, 0.5) is 13.2 Å². The molecule has 3 aromatic rings. The summed E-state index contributed by atoms with van der Waals surface area (Å²) >= 11 is 0. The van der Waals surface area contributed by atoms with Crippen LogP contribution >= 0.6 is 0 Å². The molecule has 3 atom stereocenters. The normalized spacial score (nSPS) is 18.9. The largest absolute Gasteiger partial charge is 0.381 e. The first kappa shape index (κ1) is 20.7. The summed E-state index contributed by atoms with van der Waals surface area (Å²) < 4.78 is 42.6. The Morgan fingerprint density at radius 2 is 1.87 bits per heavy atom. The monoisotopic (exact) mass is 431 g/mol. The van der Waals surface area contributed by atoms with Crippen molar-refractivity contribution < 1.29 is 23.1 Å². The molecule has 2 aromatic carbocycles. The van der Waals surface area contributed by atoms with E-state index in [1.807, 2.05) is 0 Å². The van der Waals surface area contributed by atoms with E-state index in [-0.39, 0.29) is 12.1 Å². The van der Waals surface area contributed by atoms with E-state index < -0.39 is 35.1 Å². The Balaban J connectivity index is 1.69. The number of hydrazone groups is 1. The van der Waals surface area contributed by atoms with Crippen molar-refractivity contribution in [3.05, 3.63) is 88.6 Å². The number of hydrogen-bond acceptors (Lipinski definition) is 5. The van der Waals surface area contributed by atoms with Crippen LogP contribution in [0.2, 0.25) is 0 Å². The smallest absolute Gasteiger partial charge is 0.251 e. The summed E-state index contributed by atoms with van der Waals surface area (Å²) in [5.41, 5.74) is -1.78. The maximum atomic E-state index is 14.7. The van der Waals surface area contributed by atoms with E-state index in [1.165, 1.54) is 54.7 Å². The highest BCUT2D eigenvalue weighted by molar-refractivity contribution is 5.66. The minimum atomic E-state index is -2.04. The summed E-state index contributed by atoms with van der Waals surface area (Å²) in [6.45, 7) is 1.20. The summed E-state index contributed by atoms with van der Waals surface area (Å²) in [7, 11) is 0. The number of nitrogens with zero attached hydrogens (tertiary/aromatic N) is 6. The third-order valence-electron chi connectivity index (χ3n) is 5.28. The van der Waals surface area contributed by atoms with Crippen LogP contribution in [0.1, 0.15) is 24.1 Å². The maximum Gasteiger partial charge on any atom is 0.251 e. The molecule has 8 nitrogen and oxygen atoms in total. The molecule has 0 aliphatic carbocycles. The van der Waals surface area contributed by atoms with E-state index in [2.05, 4.69) is 15.2 Å². The SMILES string of the molecule is C[C@@H](N1N=CC(c2ccc(F)cc2)[N+]1=O)[C@](O)(Cn1cncn1)c1ccc(F)cc1F. The average Bonchev–Trinajstić information content (AvgIpc) is 3.37.